The smallest absolute Gasteiger partial charge is 0.292 e. The van der Waals surface area contributed by atoms with Crippen molar-refractivity contribution in [1.29, 1.82) is 0 Å². The summed E-state index contributed by atoms with van der Waals surface area (Å²) in [6.45, 7) is 0. The quantitative estimate of drug-likeness (QED) is 0.500. The summed E-state index contributed by atoms with van der Waals surface area (Å²) in [6.07, 6.45) is 0. The molecule has 1 saturated heterocycles. The second-order valence-corrected chi connectivity index (χ2v) is 2.49. The van der Waals surface area contributed by atoms with Gasteiger partial charge in [-0.1, -0.05) is 12.2 Å². The Morgan fingerprint density at radius 3 is 2.25 bits per heavy atom. The SMILES string of the molecule is O=C1NC(=S)C(=O)S1. The summed E-state index contributed by atoms with van der Waals surface area (Å²) < 4.78 is 0. The number of hydrogen-bond acceptors (Lipinski definition) is 4. The van der Waals surface area contributed by atoms with Crippen molar-refractivity contribution in [3.05, 3.63) is 0 Å². The zero-order chi connectivity index (χ0) is 6.15. The van der Waals surface area contributed by atoms with Gasteiger partial charge in [-0.25, -0.2) is 0 Å². The topological polar surface area (TPSA) is 46.2 Å². The third-order valence-corrected chi connectivity index (χ3v) is 1.68. The summed E-state index contributed by atoms with van der Waals surface area (Å²) in [5, 5.41) is 1.44. The van der Waals surface area contributed by atoms with Crippen LogP contribution in [0.2, 0.25) is 0 Å². The van der Waals surface area contributed by atoms with E-state index in [1.807, 2.05) is 0 Å². The summed E-state index contributed by atoms with van der Waals surface area (Å²) in [5.41, 5.74) is 0. The maximum absolute atomic E-state index is 10.3. The van der Waals surface area contributed by atoms with Crippen molar-refractivity contribution in [2.24, 2.45) is 0 Å². The van der Waals surface area contributed by atoms with Crippen LogP contribution >= 0.6 is 24.0 Å². The van der Waals surface area contributed by atoms with Crippen LogP contribution in [0.25, 0.3) is 0 Å². The van der Waals surface area contributed by atoms with Gasteiger partial charge in [0.05, 0.1) is 0 Å². The van der Waals surface area contributed by atoms with E-state index < -0.39 is 0 Å². The molecule has 5 heteroatoms. The fraction of sp³-hybridized carbons (Fsp3) is 0. The van der Waals surface area contributed by atoms with Gasteiger partial charge in [0.15, 0.2) is 4.99 Å². The molecule has 1 aliphatic heterocycles. The number of hydrogen-bond donors (Lipinski definition) is 1. The minimum atomic E-state index is -0.375. The van der Waals surface area contributed by atoms with Crippen LogP contribution in [0.3, 0.4) is 0 Å². The Balaban J connectivity index is 2.79. The average Bonchev–Trinajstić information content (AvgIpc) is 1.85. The number of carbonyl (C=O) groups is 2. The lowest BCUT2D eigenvalue weighted by Crippen LogP contribution is -2.18. The van der Waals surface area contributed by atoms with Crippen molar-refractivity contribution in [3.63, 3.8) is 0 Å². The molecule has 0 saturated carbocycles. The molecular formula is C3HNO2S2. The predicted octanol–water partition coefficient (Wildman–Crippen LogP) is 0.297. The van der Waals surface area contributed by atoms with Gasteiger partial charge < -0.3 is 5.32 Å². The third kappa shape index (κ3) is 0.873. The van der Waals surface area contributed by atoms with Crippen molar-refractivity contribution < 1.29 is 9.59 Å². The zero-order valence-corrected chi connectivity index (χ0v) is 5.27. The van der Waals surface area contributed by atoms with Crippen molar-refractivity contribution in [2.45, 2.75) is 0 Å². The first-order valence-electron chi connectivity index (χ1n) is 1.77. The summed E-state index contributed by atoms with van der Waals surface area (Å²) >= 11 is 5.01. The minimum absolute atomic E-state index is 0.0139. The van der Waals surface area contributed by atoms with E-state index in [4.69, 9.17) is 0 Å². The maximum Gasteiger partial charge on any atom is 0.292 e. The van der Waals surface area contributed by atoms with Crippen LogP contribution in [0.4, 0.5) is 4.79 Å². The molecule has 0 unspecified atom stereocenters. The molecule has 0 atom stereocenters. The molecule has 1 N–H and O–H groups in total. The molecule has 1 fully saturated rings. The first-order valence-corrected chi connectivity index (χ1v) is 3.00. The van der Waals surface area contributed by atoms with E-state index in [1.54, 1.807) is 0 Å². The van der Waals surface area contributed by atoms with Crippen LogP contribution in [-0.2, 0) is 4.79 Å². The van der Waals surface area contributed by atoms with Gasteiger partial charge in [0.1, 0.15) is 0 Å². The molecule has 0 aliphatic carbocycles. The lowest BCUT2D eigenvalue weighted by molar-refractivity contribution is -0.105. The fourth-order valence-corrected chi connectivity index (χ4v) is 1.05. The summed E-state index contributed by atoms with van der Waals surface area (Å²) in [4.78, 5) is 20.5. The number of thiocarbonyl (C=S) groups is 1. The molecule has 1 amide bonds. The van der Waals surface area contributed by atoms with Crippen LogP contribution in [-0.4, -0.2) is 15.3 Å². The van der Waals surface area contributed by atoms with Gasteiger partial charge in [-0.05, 0) is 0 Å². The Hall–Kier alpha value is -0.420. The third-order valence-electron chi connectivity index (χ3n) is 0.586. The van der Waals surface area contributed by atoms with Crippen LogP contribution in [0.1, 0.15) is 0 Å². The normalized spacial score (nSPS) is 19.2. The van der Waals surface area contributed by atoms with Crippen LogP contribution in [0.15, 0.2) is 0 Å². The van der Waals surface area contributed by atoms with Crippen LogP contribution < -0.4 is 5.32 Å². The van der Waals surface area contributed by atoms with E-state index in [0.29, 0.717) is 11.8 Å². The number of rotatable bonds is 0. The highest BCUT2D eigenvalue weighted by Crippen LogP contribution is 2.10. The fourth-order valence-electron chi connectivity index (χ4n) is 0.300. The number of thioether (sulfide) groups is 1. The Morgan fingerprint density at radius 1 is 1.50 bits per heavy atom. The molecule has 0 aromatic rings. The molecule has 0 bridgehead atoms. The van der Waals surface area contributed by atoms with E-state index in [1.165, 1.54) is 0 Å². The van der Waals surface area contributed by atoms with E-state index in [0.717, 1.165) is 0 Å². The van der Waals surface area contributed by atoms with Crippen LogP contribution in [0.5, 0.6) is 0 Å². The van der Waals surface area contributed by atoms with E-state index in [2.05, 4.69) is 17.5 Å². The van der Waals surface area contributed by atoms with Gasteiger partial charge in [0.25, 0.3) is 10.4 Å². The van der Waals surface area contributed by atoms with Gasteiger partial charge in [-0.15, -0.1) is 0 Å². The first-order chi connectivity index (χ1) is 3.70. The van der Waals surface area contributed by atoms with Gasteiger partial charge in [-0.3, -0.25) is 9.59 Å². The largest absolute Gasteiger partial charge is 0.304 e. The molecule has 0 radical (unpaired) electrons. The molecule has 42 valence electrons. The first kappa shape index (κ1) is 5.71. The second-order valence-electron chi connectivity index (χ2n) is 1.13. The highest BCUT2D eigenvalue weighted by molar-refractivity contribution is 8.29. The minimum Gasteiger partial charge on any atom is -0.304 e. The monoisotopic (exact) mass is 147 g/mol. The molecule has 8 heavy (non-hydrogen) atoms. The highest BCUT2D eigenvalue weighted by Gasteiger charge is 2.24. The van der Waals surface area contributed by atoms with Crippen LogP contribution in [0, 0.1) is 0 Å². The Kier molecular flexibility index (Phi) is 1.31. The van der Waals surface area contributed by atoms with Crippen molar-refractivity contribution in [3.8, 4) is 0 Å². The molecule has 1 heterocycles. The predicted molar refractivity (Wildman–Crippen MR) is 33.7 cm³/mol. The lowest BCUT2D eigenvalue weighted by atomic mass is 10.7. The Bertz CT molecular complexity index is 158. The molecule has 1 rings (SSSR count). The summed E-state index contributed by atoms with van der Waals surface area (Å²) in [5.74, 6) is 0. The van der Waals surface area contributed by atoms with Crippen molar-refractivity contribution >= 4 is 39.3 Å². The number of amides is 1. The number of nitrogens with one attached hydrogen (secondary N) is 1. The molecule has 0 aromatic heterocycles. The Labute approximate surface area is 54.8 Å². The highest BCUT2D eigenvalue weighted by atomic mass is 32.2. The van der Waals surface area contributed by atoms with Crippen molar-refractivity contribution in [1.82, 2.24) is 5.32 Å². The standard InChI is InChI=1S/C3HNO2S2/c5-2-1(7)4-3(6)8-2/h(H,4,6,7). The average molecular weight is 147 g/mol. The summed E-state index contributed by atoms with van der Waals surface area (Å²) in [7, 11) is 0. The Morgan fingerprint density at radius 2 is 2.12 bits per heavy atom. The molecular weight excluding hydrogens is 146 g/mol. The van der Waals surface area contributed by atoms with Gasteiger partial charge in [0, 0.05) is 11.8 Å². The molecule has 0 aromatic carbocycles. The zero-order valence-electron chi connectivity index (χ0n) is 3.63. The maximum atomic E-state index is 10.3. The lowest BCUT2D eigenvalue weighted by Gasteiger charge is -1.79. The van der Waals surface area contributed by atoms with E-state index in [-0.39, 0.29) is 15.3 Å². The molecule has 1 aliphatic rings. The summed E-state index contributed by atoms with van der Waals surface area (Å²) in [6, 6.07) is 0. The van der Waals surface area contributed by atoms with Gasteiger partial charge in [0.2, 0.25) is 0 Å². The number of carbonyl (C=O) groups excluding carboxylic acids is 2. The van der Waals surface area contributed by atoms with E-state index >= 15 is 0 Å². The van der Waals surface area contributed by atoms with Gasteiger partial charge >= 0.3 is 0 Å². The molecule has 0 spiro atoms. The second kappa shape index (κ2) is 1.83. The van der Waals surface area contributed by atoms with E-state index in [9.17, 15) is 9.59 Å². The van der Waals surface area contributed by atoms with Crippen molar-refractivity contribution in [2.75, 3.05) is 0 Å². The molecule has 3 nitrogen and oxygen atoms in total. The van der Waals surface area contributed by atoms with Gasteiger partial charge in [-0.2, -0.15) is 0 Å².